The molecule has 0 amide bonds. The van der Waals surface area contributed by atoms with E-state index in [1.807, 2.05) is 30.3 Å². The highest BCUT2D eigenvalue weighted by Crippen LogP contribution is 2.40. The van der Waals surface area contributed by atoms with E-state index in [-0.39, 0.29) is 12.4 Å². The van der Waals surface area contributed by atoms with Crippen molar-refractivity contribution in [3.05, 3.63) is 53.6 Å². The maximum atomic E-state index is 6.10. The Bertz CT molecular complexity index is 643. The predicted octanol–water partition coefficient (Wildman–Crippen LogP) is 4.13. The molecule has 130 valence electrons. The summed E-state index contributed by atoms with van der Waals surface area (Å²) in [5.41, 5.74) is 2.28. The number of nitrogens with one attached hydrogen (secondary N) is 1. The van der Waals surface area contributed by atoms with Crippen LogP contribution in [-0.4, -0.2) is 20.8 Å². The zero-order chi connectivity index (χ0) is 16.1. The zero-order valence-electron chi connectivity index (χ0n) is 14.1. The third-order valence-electron chi connectivity index (χ3n) is 4.19. The molecule has 0 spiro atoms. The summed E-state index contributed by atoms with van der Waals surface area (Å²) in [5, 5.41) is 3.52. The molecule has 1 saturated heterocycles. The normalized spacial score (nSPS) is 16.3. The van der Waals surface area contributed by atoms with Crippen molar-refractivity contribution in [2.75, 3.05) is 20.8 Å². The minimum Gasteiger partial charge on any atom is -0.493 e. The fraction of sp³-hybridized carbons (Fsp3) is 0.368. The van der Waals surface area contributed by atoms with Crippen LogP contribution in [-0.2, 0) is 6.61 Å². The second-order valence-corrected chi connectivity index (χ2v) is 5.67. The quantitative estimate of drug-likeness (QED) is 0.851. The van der Waals surface area contributed by atoms with Gasteiger partial charge in [0, 0.05) is 17.7 Å². The molecular formula is C19H24ClNO3. The van der Waals surface area contributed by atoms with Crippen molar-refractivity contribution in [3.8, 4) is 17.2 Å². The molecule has 0 radical (unpaired) electrons. The van der Waals surface area contributed by atoms with E-state index in [0.717, 1.165) is 35.6 Å². The molecular weight excluding hydrogens is 326 g/mol. The fourth-order valence-electron chi connectivity index (χ4n) is 2.96. The van der Waals surface area contributed by atoms with Gasteiger partial charge in [-0.3, -0.25) is 0 Å². The Labute approximate surface area is 149 Å². The summed E-state index contributed by atoms with van der Waals surface area (Å²) < 4.78 is 17.0. The summed E-state index contributed by atoms with van der Waals surface area (Å²) in [5.74, 6) is 2.28. The highest BCUT2D eigenvalue weighted by Gasteiger charge is 2.23. The van der Waals surface area contributed by atoms with E-state index < -0.39 is 0 Å². The molecule has 1 aliphatic heterocycles. The molecule has 1 heterocycles. The van der Waals surface area contributed by atoms with E-state index in [1.54, 1.807) is 14.2 Å². The largest absolute Gasteiger partial charge is 0.493 e. The first-order chi connectivity index (χ1) is 11.3. The molecule has 4 nitrogen and oxygen atoms in total. The molecule has 2 aromatic rings. The van der Waals surface area contributed by atoms with Crippen LogP contribution >= 0.6 is 12.4 Å². The summed E-state index contributed by atoms with van der Waals surface area (Å²) in [6.07, 6.45) is 2.29. The molecule has 5 heteroatoms. The molecule has 0 bridgehead atoms. The SMILES string of the molecule is COc1cc(OCc2ccccc2)c([C@H]2CCCN2)cc1OC.Cl. The topological polar surface area (TPSA) is 39.7 Å². The van der Waals surface area contributed by atoms with E-state index >= 15 is 0 Å². The van der Waals surface area contributed by atoms with Gasteiger partial charge in [-0.2, -0.15) is 0 Å². The second kappa shape index (κ2) is 8.81. The van der Waals surface area contributed by atoms with Crippen LogP contribution in [0.3, 0.4) is 0 Å². The predicted molar refractivity (Wildman–Crippen MR) is 97.5 cm³/mol. The summed E-state index contributed by atoms with van der Waals surface area (Å²) in [6, 6.07) is 14.4. The molecule has 24 heavy (non-hydrogen) atoms. The van der Waals surface area contributed by atoms with Gasteiger partial charge in [0.05, 0.1) is 14.2 Å². The van der Waals surface area contributed by atoms with E-state index in [0.29, 0.717) is 18.4 Å². The van der Waals surface area contributed by atoms with Crippen LogP contribution < -0.4 is 19.5 Å². The van der Waals surface area contributed by atoms with E-state index in [2.05, 4.69) is 17.4 Å². The van der Waals surface area contributed by atoms with Gasteiger partial charge in [0.2, 0.25) is 0 Å². The summed E-state index contributed by atoms with van der Waals surface area (Å²) >= 11 is 0. The van der Waals surface area contributed by atoms with Crippen LogP contribution in [0.5, 0.6) is 17.2 Å². The van der Waals surface area contributed by atoms with Crippen LogP contribution in [0, 0.1) is 0 Å². The van der Waals surface area contributed by atoms with Crippen molar-refractivity contribution in [2.45, 2.75) is 25.5 Å². The average Bonchev–Trinajstić information content (AvgIpc) is 3.14. The summed E-state index contributed by atoms with van der Waals surface area (Å²) in [7, 11) is 3.31. The summed E-state index contributed by atoms with van der Waals surface area (Å²) in [4.78, 5) is 0. The van der Waals surface area contributed by atoms with Gasteiger partial charge < -0.3 is 19.5 Å². The van der Waals surface area contributed by atoms with Crippen molar-refractivity contribution in [1.82, 2.24) is 5.32 Å². The molecule has 1 N–H and O–H groups in total. The fourth-order valence-corrected chi connectivity index (χ4v) is 2.96. The molecule has 1 aliphatic rings. The third-order valence-corrected chi connectivity index (χ3v) is 4.19. The molecule has 1 fully saturated rings. The number of methoxy groups -OCH3 is 2. The van der Waals surface area contributed by atoms with Gasteiger partial charge in [0.15, 0.2) is 11.5 Å². The van der Waals surface area contributed by atoms with Crippen LogP contribution in [0.25, 0.3) is 0 Å². The number of ether oxygens (including phenoxy) is 3. The minimum absolute atomic E-state index is 0. The number of benzene rings is 2. The lowest BCUT2D eigenvalue weighted by Gasteiger charge is -2.19. The van der Waals surface area contributed by atoms with Gasteiger partial charge in [-0.05, 0) is 31.0 Å². The van der Waals surface area contributed by atoms with Gasteiger partial charge >= 0.3 is 0 Å². The number of halogens is 1. The highest BCUT2D eigenvalue weighted by molar-refractivity contribution is 5.85. The zero-order valence-corrected chi connectivity index (χ0v) is 14.9. The lowest BCUT2D eigenvalue weighted by atomic mass is 10.0. The van der Waals surface area contributed by atoms with Gasteiger partial charge in [-0.15, -0.1) is 12.4 Å². The maximum Gasteiger partial charge on any atom is 0.164 e. The first-order valence-corrected chi connectivity index (χ1v) is 7.98. The van der Waals surface area contributed by atoms with Gasteiger partial charge in [0.1, 0.15) is 12.4 Å². The first kappa shape index (κ1) is 18.4. The Morgan fingerprint density at radius 3 is 2.33 bits per heavy atom. The summed E-state index contributed by atoms with van der Waals surface area (Å²) in [6.45, 7) is 1.58. The van der Waals surface area contributed by atoms with Crippen LogP contribution in [0.2, 0.25) is 0 Å². The number of hydrogen-bond acceptors (Lipinski definition) is 4. The average molecular weight is 350 g/mol. The lowest BCUT2D eigenvalue weighted by molar-refractivity contribution is 0.294. The van der Waals surface area contributed by atoms with E-state index in [4.69, 9.17) is 14.2 Å². The van der Waals surface area contributed by atoms with Crippen molar-refractivity contribution in [2.24, 2.45) is 0 Å². The standard InChI is InChI=1S/C19H23NO3.ClH/c1-21-18-11-15(16-9-6-10-20-16)17(12-19(18)22-2)23-13-14-7-4-3-5-8-14;/h3-5,7-8,11-12,16,20H,6,9-10,13H2,1-2H3;1H/t16-;/m1./s1. The van der Waals surface area contributed by atoms with Gasteiger partial charge in [-0.1, -0.05) is 30.3 Å². The Kier molecular flexibility index (Phi) is 6.76. The maximum absolute atomic E-state index is 6.10. The smallest absolute Gasteiger partial charge is 0.164 e. The molecule has 0 unspecified atom stereocenters. The Morgan fingerprint density at radius 1 is 1.00 bits per heavy atom. The van der Waals surface area contributed by atoms with Crippen LogP contribution in [0.4, 0.5) is 0 Å². The Balaban J connectivity index is 0.00000208. The third kappa shape index (κ3) is 4.13. The molecule has 0 saturated carbocycles. The highest BCUT2D eigenvalue weighted by atomic mass is 35.5. The van der Waals surface area contributed by atoms with Crippen molar-refractivity contribution < 1.29 is 14.2 Å². The first-order valence-electron chi connectivity index (χ1n) is 7.98. The van der Waals surface area contributed by atoms with Gasteiger partial charge in [0.25, 0.3) is 0 Å². The molecule has 0 aliphatic carbocycles. The lowest BCUT2D eigenvalue weighted by Crippen LogP contribution is -2.14. The van der Waals surface area contributed by atoms with E-state index in [1.165, 1.54) is 6.42 Å². The number of rotatable bonds is 6. The van der Waals surface area contributed by atoms with E-state index in [9.17, 15) is 0 Å². The molecule has 1 atom stereocenters. The number of hydrogen-bond donors (Lipinski definition) is 1. The van der Waals surface area contributed by atoms with Crippen LogP contribution in [0.1, 0.15) is 30.0 Å². The van der Waals surface area contributed by atoms with Crippen molar-refractivity contribution in [3.63, 3.8) is 0 Å². The van der Waals surface area contributed by atoms with Gasteiger partial charge in [-0.25, -0.2) is 0 Å². The molecule has 3 rings (SSSR count). The monoisotopic (exact) mass is 349 g/mol. The Morgan fingerprint density at radius 2 is 1.71 bits per heavy atom. The molecule has 0 aromatic heterocycles. The van der Waals surface area contributed by atoms with Crippen molar-refractivity contribution >= 4 is 12.4 Å². The van der Waals surface area contributed by atoms with Crippen molar-refractivity contribution in [1.29, 1.82) is 0 Å². The second-order valence-electron chi connectivity index (χ2n) is 5.67. The minimum atomic E-state index is 0. The molecule has 2 aromatic carbocycles. The Hall–Kier alpha value is -1.91. The van der Waals surface area contributed by atoms with Crippen LogP contribution in [0.15, 0.2) is 42.5 Å².